The summed E-state index contributed by atoms with van der Waals surface area (Å²) in [7, 11) is 0. The number of hydrogen-bond donors (Lipinski definition) is 8. The lowest BCUT2D eigenvalue weighted by molar-refractivity contribution is -0.144. The average molecular weight is 475 g/mol. The van der Waals surface area contributed by atoms with Gasteiger partial charge < -0.3 is 42.7 Å². The topological polar surface area (TPSA) is 268 Å². The molecule has 33 heavy (non-hydrogen) atoms. The number of primary amides is 1. The van der Waals surface area contributed by atoms with Crippen LogP contribution in [0.25, 0.3) is 0 Å². The maximum atomic E-state index is 12.6. The summed E-state index contributed by atoms with van der Waals surface area (Å²) in [4.78, 5) is 81.5. The summed E-state index contributed by atoms with van der Waals surface area (Å²) < 4.78 is 0. The van der Waals surface area contributed by atoms with Gasteiger partial charge in [0.05, 0.1) is 18.9 Å². The fraction of sp³-hybridized carbons (Fsp3) is 0.611. The van der Waals surface area contributed by atoms with Crippen molar-refractivity contribution in [3.63, 3.8) is 0 Å². The third-order valence-electron chi connectivity index (χ3n) is 4.29. The summed E-state index contributed by atoms with van der Waals surface area (Å²) in [6.45, 7) is 3.01. The molecule has 0 saturated heterocycles. The highest BCUT2D eigenvalue weighted by molar-refractivity contribution is 5.97. The van der Waals surface area contributed by atoms with Crippen molar-refractivity contribution in [2.75, 3.05) is 0 Å². The molecule has 0 fully saturated rings. The fourth-order valence-corrected chi connectivity index (χ4v) is 2.52. The van der Waals surface area contributed by atoms with Crippen LogP contribution in [0.5, 0.6) is 0 Å². The van der Waals surface area contributed by atoms with Gasteiger partial charge in [0.1, 0.15) is 18.1 Å². The molecule has 186 valence electrons. The first-order valence-corrected chi connectivity index (χ1v) is 9.77. The van der Waals surface area contributed by atoms with Crippen LogP contribution in [0.4, 0.5) is 0 Å². The van der Waals surface area contributed by atoms with Crippen LogP contribution in [0.3, 0.4) is 0 Å². The van der Waals surface area contributed by atoms with E-state index in [0.717, 1.165) is 0 Å². The molecule has 4 unspecified atom stereocenters. The second-order valence-electron chi connectivity index (χ2n) is 7.50. The van der Waals surface area contributed by atoms with E-state index in [-0.39, 0.29) is 6.42 Å². The van der Waals surface area contributed by atoms with E-state index in [1.807, 2.05) is 0 Å². The van der Waals surface area contributed by atoms with Crippen LogP contribution in [-0.2, 0) is 33.6 Å². The van der Waals surface area contributed by atoms with Crippen molar-refractivity contribution >= 4 is 41.5 Å². The Hall–Kier alpha value is -3.75. The van der Waals surface area contributed by atoms with Crippen LogP contribution < -0.4 is 27.4 Å². The summed E-state index contributed by atoms with van der Waals surface area (Å²) in [5.41, 5.74) is 10.6. The Bertz CT molecular complexity index is 785. The molecule has 10 N–H and O–H groups in total. The van der Waals surface area contributed by atoms with E-state index in [1.54, 1.807) is 0 Å². The number of carboxylic acid groups (broad SMARTS) is 3. The van der Waals surface area contributed by atoms with E-state index < -0.39 is 90.9 Å². The number of carbonyl (C=O) groups excluding carboxylic acids is 4. The molecule has 4 atom stereocenters. The summed E-state index contributed by atoms with van der Waals surface area (Å²) in [6, 6.07) is -6.12. The van der Waals surface area contributed by atoms with Gasteiger partial charge in [-0.15, -0.1) is 0 Å². The van der Waals surface area contributed by atoms with Gasteiger partial charge in [-0.05, 0) is 12.3 Å². The van der Waals surface area contributed by atoms with Crippen molar-refractivity contribution in [2.45, 2.75) is 63.7 Å². The van der Waals surface area contributed by atoms with Gasteiger partial charge in [-0.1, -0.05) is 13.8 Å². The molecule has 0 spiro atoms. The van der Waals surface area contributed by atoms with Gasteiger partial charge in [0.25, 0.3) is 0 Å². The molecule has 0 rings (SSSR count). The van der Waals surface area contributed by atoms with E-state index >= 15 is 0 Å². The van der Waals surface area contributed by atoms with Gasteiger partial charge >= 0.3 is 17.9 Å². The van der Waals surface area contributed by atoms with E-state index in [9.17, 15) is 38.7 Å². The number of rotatable bonds is 15. The Morgan fingerprint density at radius 2 is 1.24 bits per heavy atom. The largest absolute Gasteiger partial charge is 0.481 e. The Balaban J connectivity index is 5.51. The second-order valence-corrected chi connectivity index (χ2v) is 7.50. The minimum Gasteiger partial charge on any atom is -0.481 e. The van der Waals surface area contributed by atoms with Crippen LogP contribution >= 0.6 is 0 Å². The molecule has 4 amide bonds. The molecule has 0 aromatic rings. The lowest BCUT2D eigenvalue weighted by Gasteiger charge is -2.25. The lowest BCUT2D eigenvalue weighted by atomic mass is 10.0. The maximum Gasteiger partial charge on any atom is 0.326 e. The Morgan fingerprint density at radius 1 is 0.758 bits per heavy atom. The molecular formula is C18H29N5O10. The SMILES string of the molecule is CC(C)C(NC(=O)C(CC(N)=O)NC(=O)C(CC(=O)O)NC(=O)C(N)CCC(=O)O)C(=O)O. The zero-order valence-electron chi connectivity index (χ0n) is 18.1. The quantitative estimate of drug-likeness (QED) is 0.116. The third kappa shape index (κ3) is 11.4. The second kappa shape index (κ2) is 13.6. The van der Waals surface area contributed by atoms with Crippen molar-refractivity contribution in [3.8, 4) is 0 Å². The number of aliphatic carboxylic acids is 3. The third-order valence-corrected chi connectivity index (χ3v) is 4.29. The number of hydrogen-bond acceptors (Lipinski definition) is 8. The summed E-state index contributed by atoms with van der Waals surface area (Å²) in [5.74, 6) is -8.94. The van der Waals surface area contributed by atoms with Crippen LogP contribution in [0.15, 0.2) is 0 Å². The van der Waals surface area contributed by atoms with Crippen molar-refractivity contribution in [3.05, 3.63) is 0 Å². The number of nitrogens with two attached hydrogens (primary N) is 2. The van der Waals surface area contributed by atoms with Crippen LogP contribution in [0.2, 0.25) is 0 Å². The molecule has 0 aliphatic carbocycles. The Morgan fingerprint density at radius 3 is 1.67 bits per heavy atom. The highest BCUT2D eigenvalue weighted by Gasteiger charge is 2.33. The molecule has 15 nitrogen and oxygen atoms in total. The monoisotopic (exact) mass is 475 g/mol. The number of carbonyl (C=O) groups is 7. The number of amides is 4. The van der Waals surface area contributed by atoms with Crippen molar-refractivity contribution in [1.29, 1.82) is 0 Å². The van der Waals surface area contributed by atoms with Gasteiger partial charge in [0.15, 0.2) is 0 Å². The summed E-state index contributed by atoms with van der Waals surface area (Å²) in [6.07, 6.45) is -2.42. The first-order chi connectivity index (χ1) is 15.1. The normalized spacial score (nSPS) is 14.3. The van der Waals surface area contributed by atoms with E-state index in [1.165, 1.54) is 13.8 Å². The van der Waals surface area contributed by atoms with E-state index in [0.29, 0.717) is 0 Å². The average Bonchev–Trinajstić information content (AvgIpc) is 2.67. The first-order valence-electron chi connectivity index (χ1n) is 9.77. The molecule has 0 radical (unpaired) electrons. The van der Waals surface area contributed by atoms with Gasteiger partial charge in [0.2, 0.25) is 23.6 Å². The number of nitrogens with one attached hydrogen (secondary N) is 3. The van der Waals surface area contributed by atoms with Gasteiger partial charge in [-0.2, -0.15) is 0 Å². The fourth-order valence-electron chi connectivity index (χ4n) is 2.52. The predicted octanol–water partition coefficient (Wildman–Crippen LogP) is -3.28. The highest BCUT2D eigenvalue weighted by atomic mass is 16.4. The summed E-state index contributed by atoms with van der Waals surface area (Å²) >= 11 is 0. The van der Waals surface area contributed by atoms with Crippen molar-refractivity contribution < 1.29 is 48.9 Å². The van der Waals surface area contributed by atoms with Gasteiger partial charge in [-0.3, -0.25) is 28.8 Å². The Labute approximate surface area is 188 Å². The van der Waals surface area contributed by atoms with Crippen molar-refractivity contribution in [2.24, 2.45) is 17.4 Å². The molecule has 0 aromatic carbocycles. The van der Waals surface area contributed by atoms with Crippen molar-refractivity contribution in [1.82, 2.24) is 16.0 Å². The van der Waals surface area contributed by atoms with Crippen LogP contribution in [0, 0.1) is 5.92 Å². The van der Waals surface area contributed by atoms with Crippen LogP contribution in [0.1, 0.15) is 39.5 Å². The van der Waals surface area contributed by atoms with E-state index in [2.05, 4.69) is 16.0 Å². The number of carboxylic acids is 3. The molecule has 0 bridgehead atoms. The minimum absolute atomic E-state index is 0.291. The molecule has 0 heterocycles. The maximum absolute atomic E-state index is 12.6. The summed E-state index contributed by atoms with van der Waals surface area (Å²) in [5, 5.41) is 33.2. The molecular weight excluding hydrogens is 446 g/mol. The lowest BCUT2D eigenvalue weighted by Crippen LogP contribution is -2.58. The molecule has 0 saturated carbocycles. The highest BCUT2D eigenvalue weighted by Crippen LogP contribution is 2.05. The van der Waals surface area contributed by atoms with Gasteiger partial charge in [-0.25, -0.2) is 4.79 Å². The molecule has 0 aliphatic heterocycles. The standard InChI is InChI=1S/C18H29N5O10/c1-7(2)14(18(32)33)23-17(31)9(5-11(20)24)22-16(30)10(6-13(27)28)21-15(29)8(19)3-4-12(25)26/h7-10,14H,3-6,19H2,1-2H3,(H2,20,24)(H,21,29)(H,22,30)(H,23,31)(H,25,26)(H,27,28)(H,32,33). The van der Waals surface area contributed by atoms with E-state index in [4.69, 9.17) is 21.7 Å². The smallest absolute Gasteiger partial charge is 0.326 e. The zero-order valence-corrected chi connectivity index (χ0v) is 18.1. The Kier molecular flexibility index (Phi) is 12.1. The van der Waals surface area contributed by atoms with Gasteiger partial charge in [0, 0.05) is 6.42 Å². The first kappa shape index (κ1) is 29.2. The molecule has 0 aromatic heterocycles. The molecule has 0 aliphatic rings. The molecule has 15 heteroatoms. The van der Waals surface area contributed by atoms with Crippen LogP contribution in [-0.4, -0.2) is 81.0 Å². The minimum atomic E-state index is -1.74. The zero-order chi connectivity index (χ0) is 25.9. The predicted molar refractivity (Wildman–Crippen MR) is 109 cm³/mol.